The van der Waals surface area contributed by atoms with Gasteiger partial charge in [-0.25, -0.2) is 24.4 Å². The van der Waals surface area contributed by atoms with E-state index < -0.39 is 76.9 Å². The Kier molecular flexibility index (Phi) is 16.8. The summed E-state index contributed by atoms with van der Waals surface area (Å²) in [7, 11) is 3.99. The highest BCUT2D eigenvalue weighted by Gasteiger charge is 2.56. The maximum absolute atomic E-state index is 13.1. The third kappa shape index (κ3) is 11.7. The molecule has 2 saturated heterocycles. The Hall–Kier alpha value is -6.90. The lowest BCUT2D eigenvalue weighted by Crippen LogP contribution is -2.71. The van der Waals surface area contributed by atoms with Crippen LogP contribution in [0, 0.1) is 6.92 Å². The lowest BCUT2D eigenvalue weighted by Gasteiger charge is -2.49. The monoisotopic (exact) mass is 1040 g/mol. The van der Waals surface area contributed by atoms with E-state index in [4.69, 9.17) is 40.1 Å². The molecular formula is C37H44N14O14S4. The normalized spacial score (nSPS) is 20.3. The summed E-state index contributed by atoms with van der Waals surface area (Å²) in [5.74, 6) is -3.55. The molecule has 0 aromatic carbocycles. The number of nitrogens with two attached hydrogens (primary N) is 2. The van der Waals surface area contributed by atoms with Gasteiger partial charge < -0.3 is 55.8 Å². The second-order valence-electron chi connectivity index (χ2n) is 14.6. The number of fused-ring (bicyclic) bond motifs is 2. The van der Waals surface area contributed by atoms with Gasteiger partial charge in [0.2, 0.25) is 6.29 Å². The molecule has 370 valence electrons. The van der Waals surface area contributed by atoms with Crippen molar-refractivity contribution in [3.05, 3.63) is 50.5 Å². The molecule has 3 aromatic heterocycles. The first-order valence-electron chi connectivity index (χ1n) is 20.0. The lowest BCUT2D eigenvalue weighted by atomic mass is 10.0. The van der Waals surface area contributed by atoms with E-state index >= 15 is 0 Å². The fourth-order valence-corrected chi connectivity index (χ4v) is 10.5. The molecule has 0 bridgehead atoms. The summed E-state index contributed by atoms with van der Waals surface area (Å²) < 4.78 is 20.2. The number of nitrogens with zero attached hydrogens (tertiary/aromatic N) is 10. The van der Waals surface area contributed by atoms with Crippen molar-refractivity contribution in [2.24, 2.45) is 10.3 Å². The van der Waals surface area contributed by atoms with E-state index in [-0.39, 0.29) is 57.6 Å². The summed E-state index contributed by atoms with van der Waals surface area (Å²) in [4.78, 5) is 109. The van der Waals surface area contributed by atoms with Crippen LogP contribution in [0.4, 0.5) is 15.1 Å². The molecule has 0 radical (unpaired) electrons. The number of hydrogen-bond acceptors (Lipinski definition) is 26. The quantitative estimate of drug-likeness (QED) is 0.0379. The molecule has 32 heteroatoms. The van der Waals surface area contributed by atoms with Gasteiger partial charge in [-0.15, -0.1) is 56.4 Å². The number of carboxylic acids is 1. The molecule has 7 rings (SSSR count). The number of aliphatic carboxylic acids is 1. The van der Waals surface area contributed by atoms with Crippen LogP contribution in [-0.4, -0.2) is 173 Å². The first-order chi connectivity index (χ1) is 32.9. The SMILES string of the molecule is CO/N=C(/C(=O)N[C@@H]1C(=O)N2C(C(=O)O)=C(Cn3nnc(C)n3)CS[C@H]12)c1csc(N)n1.COCC1=C(C(=O)OC(C)OC(=O)OC(C)C)N2C(=O)[C@@H](NC(=O)/C(=N\OC)c3csc(N)n3)[C@H]2SC1. The van der Waals surface area contributed by atoms with Gasteiger partial charge in [0.15, 0.2) is 27.5 Å². The number of carbonyl (C=O) groups excluding carboxylic acids is 6. The number of nitrogens with one attached hydrogen (secondary N) is 2. The van der Waals surface area contributed by atoms with Gasteiger partial charge in [0.1, 0.15) is 59.8 Å². The number of carboxylic acid groups (broad SMARTS) is 1. The maximum Gasteiger partial charge on any atom is 0.511 e. The van der Waals surface area contributed by atoms with Crippen molar-refractivity contribution in [3.8, 4) is 0 Å². The van der Waals surface area contributed by atoms with Gasteiger partial charge in [-0.3, -0.25) is 29.0 Å². The summed E-state index contributed by atoms with van der Waals surface area (Å²) in [5.41, 5.74) is 12.2. The molecule has 3 aromatic rings. The van der Waals surface area contributed by atoms with Crippen molar-refractivity contribution < 1.29 is 67.3 Å². The highest BCUT2D eigenvalue weighted by molar-refractivity contribution is 8.00. The van der Waals surface area contributed by atoms with Gasteiger partial charge in [0.05, 0.1) is 19.3 Å². The van der Waals surface area contributed by atoms with E-state index in [1.165, 1.54) is 72.2 Å². The third-order valence-electron chi connectivity index (χ3n) is 9.46. The lowest BCUT2D eigenvalue weighted by molar-refractivity contribution is -0.169. The fourth-order valence-electron chi connectivity index (χ4n) is 6.71. The molecule has 0 saturated carbocycles. The Labute approximate surface area is 407 Å². The van der Waals surface area contributed by atoms with E-state index in [1.807, 2.05) is 0 Å². The van der Waals surface area contributed by atoms with Crippen molar-refractivity contribution in [1.29, 1.82) is 0 Å². The highest BCUT2D eigenvalue weighted by atomic mass is 32.2. The number of anilines is 2. The Balaban J connectivity index is 0.000000229. The summed E-state index contributed by atoms with van der Waals surface area (Å²) in [5, 5.41) is 36.4. The molecule has 4 amide bonds. The van der Waals surface area contributed by atoms with Crippen LogP contribution < -0.4 is 22.1 Å². The number of β-lactam (4-membered cyclic amide) rings is 2. The van der Waals surface area contributed by atoms with E-state index in [1.54, 1.807) is 20.8 Å². The van der Waals surface area contributed by atoms with Crippen LogP contribution in [0.3, 0.4) is 0 Å². The zero-order chi connectivity index (χ0) is 50.3. The largest absolute Gasteiger partial charge is 0.511 e. The number of nitrogen functional groups attached to an aromatic ring is 2. The number of methoxy groups -OCH3 is 1. The first kappa shape index (κ1) is 51.5. The van der Waals surface area contributed by atoms with E-state index in [9.17, 15) is 38.7 Å². The zero-order valence-corrected chi connectivity index (χ0v) is 40.7. The van der Waals surface area contributed by atoms with Crippen LogP contribution in [0.2, 0.25) is 0 Å². The number of thiazole rings is 2. The predicted octanol–water partition coefficient (Wildman–Crippen LogP) is -0.363. The van der Waals surface area contributed by atoms with Gasteiger partial charge in [-0.05, 0) is 37.1 Å². The van der Waals surface area contributed by atoms with Gasteiger partial charge in [0, 0.05) is 36.3 Å². The maximum atomic E-state index is 13.1. The number of hydrogen-bond donors (Lipinski definition) is 5. The molecular weight excluding hydrogens is 993 g/mol. The summed E-state index contributed by atoms with van der Waals surface area (Å²) in [6.45, 7) is 6.43. The number of aromatic nitrogens is 6. The van der Waals surface area contributed by atoms with Crippen molar-refractivity contribution in [1.82, 2.24) is 50.6 Å². The number of rotatable bonds is 17. The molecule has 5 atom stereocenters. The number of esters is 1. The minimum absolute atomic E-state index is 0.0353. The number of amides is 4. The van der Waals surface area contributed by atoms with Crippen molar-refractivity contribution in [2.45, 2.75) is 69.5 Å². The number of thioether (sulfide) groups is 2. The Morgan fingerprint density at radius 2 is 1.33 bits per heavy atom. The average Bonchev–Trinajstić information content (AvgIpc) is 4.05. The predicted molar refractivity (Wildman–Crippen MR) is 245 cm³/mol. The van der Waals surface area contributed by atoms with Crippen LogP contribution in [-0.2, 0) is 63.9 Å². The summed E-state index contributed by atoms with van der Waals surface area (Å²) in [6.07, 6.45) is -2.71. The van der Waals surface area contributed by atoms with Crippen LogP contribution in [0.5, 0.6) is 0 Å². The van der Waals surface area contributed by atoms with Gasteiger partial charge >= 0.3 is 18.1 Å². The van der Waals surface area contributed by atoms with Crippen LogP contribution in [0.25, 0.3) is 0 Å². The van der Waals surface area contributed by atoms with Crippen LogP contribution >= 0.6 is 46.2 Å². The van der Waals surface area contributed by atoms with Crippen LogP contribution in [0.15, 0.2) is 43.6 Å². The standard InChI is InChI=1S/C21H27N5O9S2.C16H17N9O5S2/c1-9(2)33-21(30)35-10(3)34-19(29)15-11(6-31-4)7-36-18-14(17(28)26(15)18)24-16(27)13(25-32-5)12-8-37-20(22)23-12;1-6-20-23-24(21-6)3-7-4-31-14-10(13(27)25(14)11(7)15(28)29)19-12(26)9(22-30-2)8-5-32-16(17)18-8/h8-10,14,18H,6-7H2,1-5H3,(H2,22,23)(H,24,27);5,10,14H,3-4H2,1-2H3,(H2,17,18)(H,19,26)(H,28,29)/b25-13-;22-9+/t10?,14-,18-;10-,14-/m11/s1. The summed E-state index contributed by atoms with van der Waals surface area (Å²) >= 11 is 4.89. The van der Waals surface area contributed by atoms with Gasteiger partial charge in [-0.1, -0.05) is 10.3 Å². The number of ether oxygens (including phenoxy) is 4. The summed E-state index contributed by atoms with van der Waals surface area (Å²) in [6, 6.07) is -1.90. The second kappa shape index (κ2) is 22.5. The molecule has 4 aliphatic rings. The van der Waals surface area contributed by atoms with Crippen LogP contribution in [0.1, 0.15) is 38.0 Å². The van der Waals surface area contributed by atoms with E-state index in [2.05, 4.69) is 46.3 Å². The average molecular weight is 1040 g/mol. The van der Waals surface area contributed by atoms with E-state index in [0.717, 1.165) is 27.6 Å². The molecule has 69 heavy (non-hydrogen) atoms. The third-order valence-corrected chi connectivity index (χ3v) is 13.5. The minimum Gasteiger partial charge on any atom is -0.477 e. The minimum atomic E-state index is -1.28. The Morgan fingerprint density at radius 1 is 0.812 bits per heavy atom. The number of oxime groups is 2. The number of tetrazole rings is 1. The van der Waals surface area contributed by atoms with Crippen molar-refractivity contribution in [2.75, 3.05) is 50.9 Å². The number of aryl methyl sites for hydroxylation is 1. The molecule has 0 spiro atoms. The van der Waals surface area contributed by atoms with Gasteiger partial charge in [0.25, 0.3) is 23.6 Å². The molecule has 4 aliphatic heterocycles. The van der Waals surface area contributed by atoms with Crippen molar-refractivity contribution in [3.63, 3.8) is 0 Å². The molecule has 1 unspecified atom stereocenters. The molecule has 2 fully saturated rings. The fraction of sp³-hybridized carbons (Fsp3) is 0.459. The Morgan fingerprint density at radius 3 is 1.77 bits per heavy atom. The zero-order valence-electron chi connectivity index (χ0n) is 37.5. The molecule has 7 N–H and O–H groups in total. The number of carbonyl (C=O) groups is 7. The molecule has 7 heterocycles. The van der Waals surface area contributed by atoms with E-state index in [0.29, 0.717) is 28.5 Å². The topological polar surface area (TPSA) is 372 Å². The Bertz CT molecular complexity index is 2630. The smallest absolute Gasteiger partial charge is 0.477 e. The second-order valence-corrected chi connectivity index (χ2v) is 18.6. The molecule has 0 aliphatic carbocycles. The molecule has 28 nitrogen and oxygen atoms in total. The van der Waals surface area contributed by atoms with Crippen molar-refractivity contribution >= 4 is 110 Å². The highest BCUT2D eigenvalue weighted by Crippen LogP contribution is 2.42. The van der Waals surface area contributed by atoms with Gasteiger partial charge in [-0.2, -0.15) is 4.80 Å². The first-order valence-corrected chi connectivity index (χ1v) is 23.9.